The van der Waals surface area contributed by atoms with E-state index >= 15 is 0 Å². The van der Waals surface area contributed by atoms with Crippen molar-refractivity contribution in [2.24, 2.45) is 0 Å². The zero-order chi connectivity index (χ0) is 13.6. The maximum absolute atomic E-state index is 5.54. The van der Waals surface area contributed by atoms with Gasteiger partial charge in [-0.15, -0.1) is 0 Å². The van der Waals surface area contributed by atoms with Crippen molar-refractivity contribution in [3.63, 3.8) is 0 Å². The van der Waals surface area contributed by atoms with Crippen LogP contribution in [0.5, 0.6) is 5.88 Å². The van der Waals surface area contributed by atoms with E-state index in [2.05, 4.69) is 42.0 Å². The molecule has 1 N–H and O–H groups in total. The summed E-state index contributed by atoms with van der Waals surface area (Å²) in [4.78, 5) is 6.38. The van der Waals surface area contributed by atoms with Gasteiger partial charge in [-0.2, -0.15) is 0 Å². The number of rotatable bonds is 6. The summed E-state index contributed by atoms with van der Waals surface area (Å²) in [6.07, 6.45) is 1.86. The molecule has 0 fully saturated rings. The van der Waals surface area contributed by atoms with Crippen LogP contribution in [0.3, 0.4) is 0 Å². The predicted octanol–water partition coefficient (Wildman–Crippen LogP) is 1.91. The first-order valence-corrected chi connectivity index (χ1v) is 6.34. The van der Waals surface area contributed by atoms with Crippen LogP contribution in [0.1, 0.15) is 26.3 Å². The van der Waals surface area contributed by atoms with E-state index in [1.165, 1.54) is 5.56 Å². The molecule has 0 saturated heterocycles. The molecule has 0 unspecified atom stereocenters. The second-order valence-corrected chi connectivity index (χ2v) is 5.76. The van der Waals surface area contributed by atoms with Crippen molar-refractivity contribution in [1.82, 2.24) is 15.2 Å². The van der Waals surface area contributed by atoms with Crippen molar-refractivity contribution in [3.05, 3.63) is 23.9 Å². The Kier molecular flexibility index (Phi) is 5.56. The minimum atomic E-state index is 0.126. The molecule has 4 heteroatoms. The van der Waals surface area contributed by atoms with Gasteiger partial charge in [0.1, 0.15) is 6.61 Å². The Balaban J connectivity index is 2.38. The van der Waals surface area contributed by atoms with Crippen LogP contribution in [0.2, 0.25) is 0 Å². The maximum atomic E-state index is 5.54. The average molecular weight is 251 g/mol. The molecule has 1 aromatic heterocycles. The Morgan fingerprint density at radius 1 is 1.28 bits per heavy atom. The lowest BCUT2D eigenvalue weighted by atomic mass is 10.1. The van der Waals surface area contributed by atoms with Crippen LogP contribution in [0.15, 0.2) is 18.3 Å². The number of pyridine rings is 1. The van der Waals surface area contributed by atoms with Gasteiger partial charge in [0.25, 0.3) is 0 Å². The van der Waals surface area contributed by atoms with E-state index in [1.54, 1.807) is 0 Å². The second kappa shape index (κ2) is 6.71. The summed E-state index contributed by atoms with van der Waals surface area (Å²) in [5.74, 6) is 0.691. The third-order valence-electron chi connectivity index (χ3n) is 2.41. The van der Waals surface area contributed by atoms with Crippen LogP contribution in [-0.2, 0) is 6.54 Å². The highest BCUT2D eigenvalue weighted by atomic mass is 16.5. The molecule has 0 atom stereocenters. The van der Waals surface area contributed by atoms with Gasteiger partial charge in [-0.1, -0.05) is 6.07 Å². The molecule has 18 heavy (non-hydrogen) atoms. The van der Waals surface area contributed by atoms with Crippen molar-refractivity contribution in [2.45, 2.75) is 32.9 Å². The van der Waals surface area contributed by atoms with Gasteiger partial charge in [0.15, 0.2) is 0 Å². The lowest BCUT2D eigenvalue weighted by Crippen LogP contribution is -2.35. The quantitative estimate of drug-likeness (QED) is 0.838. The highest BCUT2D eigenvalue weighted by Crippen LogP contribution is 2.09. The van der Waals surface area contributed by atoms with Crippen molar-refractivity contribution in [3.8, 4) is 5.88 Å². The minimum Gasteiger partial charge on any atom is -0.476 e. The molecule has 0 aliphatic heterocycles. The Morgan fingerprint density at radius 2 is 2.00 bits per heavy atom. The summed E-state index contributed by atoms with van der Waals surface area (Å²) in [5, 5.41) is 3.43. The molecule has 0 radical (unpaired) electrons. The van der Waals surface area contributed by atoms with Crippen molar-refractivity contribution in [2.75, 3.05) is 27.2 Å². The Labute approximate surface area is 110 Å². The summed E-state index contributed by atoms with van der Waals surface area (Å²) in [6, 6.07) is 3.98. The summed E-state index contributed by atoms with van der Waals surface area (Å²) >= 11 is 0. The number of hydrogen-bond acceptors (Lipinski definition) is 4. The van der Waals surface area contributed by atoms with Gasteiger partial charge in [0, 0.05) is 30.9 Å². The fourth-order valence-corrected chi connectivity index (χ4v) is 1.30. The molecule has 0 aliphatic carbocycles. The lowest BCUT2D eigenvalue weighted by Gasteiger charge is -2.20. The van der Waals surface area contributed by atoms with Gasteiger partial charge < -0.3 is 15.0 Å². The monoisotopic (exact) mass is 251 g/mol. The number of hydrogen-bond donors (Lipinski definition) is 1. The van der Waals surface area contributed by atoms with Crippen molar-refractivity contribution >= 4 is 0 Å². The number of ether oxygens (including phenoxy) is 1. The molecule has 0 aromatic carbocycles. The lowest BCUT2D eigenvalue weighted by molar-refractivity contribution is 0.253. The number of nitrogens with zero attached hydrogens (tertiary/aromatic N) is 2. The largest absolute Gasteiger partial charge is 0.476 e. The van der Waals surface area contributed by atoms with Gasteiger partial charge in [0.05, 0.1) is 0 Å². The minimum absolute atomic E-state index is 0.126. The summed E-state index contributed by atoms with van der Waals surface area (Å²) in [6.45, 7) is 8.85. The second-order valence-electron chi connectivity index (χ2n) is 5.76. The van der Waals surface area contributed by atoms with E-state index in [0.717, 1.165) is 13.1 Å². The third kappa shape index (κ3) is 6.57. The molecular formula is C14H25N3O. The summed E-state index contributed by atoms with van der Waals surface area (Å²) < 4.78 is 5.54. The molecule has 0 amide bonds. The average Bonchev–Trinajstić information content (AvgIpc) is 2.26. The summed E-state index contributed by atoms with van der Waals surface area (Å²) in [5.41, 5.74) is 1.30. The fraction of sp³-hybridized carbons (Fsp3) is 0.643. The molecule has 0 saturated carbocycles. The Morgan fingerprint density at radius 3 is 2.50 bits per heavy atom. The molecule has 0 bridgehead atoms. The molecule has 4 nitrogen and oxygen atoms in total. The van der Waals surface area contributed by atoms with Crippen LogP contribution in [0.4, 0.5) is 0 Å². The highest BCUT2D eigenvalue weighted by molar-refractivity contribution is 5.17. The van der Waals surface area contributed by atoms with Crippen LogP contribution < -0.4 is 10.1 Å². The first-order chi connectivity index (χ1) is 8.37. The van der Waals surface area contributed by atoms with Crippen molar-refractivity contribution < 1.29 is 4.74 Å². The van der Waals surface area contributed by atoms with Gasteiger partial charge in [-0.25, -0.2) is 4.98 Å². The fourth-order valence-electron chi connectivity index (χ4n) is 1.30. The highest BCUT2D eigenvalue weighted by Gasteiger charge is 2.08. The molecule has 1 rings (SSSR count). The van der Waals surface area contributed by atoms with E-state index in [-0.39, 0.29) is 5.54 Å². The molecule has 1 aromatic rings. The van der Waals surface area contributed by atoms with E-state index in [9.17, 15) is 0 Å². The third-order valence-corrected chi connectivity index (χ3v) is 2.41. The van der Waals surface area contributed by atoms with E-state index in [4.69, 9.17) is 4.74 Å². The molecule has 0 aliphatic rings. The first-order valence-electron chi connectivity index (χ1n) is 6.34. The maximum Gasteiger partial charge on any atom is 0.213 e. The smallest absolute Gasteiger partial charge is 0.213 e. The number of likely N-dealkylation sites (N-methyl/N-ethyl adjacent to an activating group) is 1. The molecule has 1 heterocycles. The standard InChI is InChI=1S/C14H25N3O/c1-14(2,3)16-11-12-6-7-13(15-10-12)18-9-8-17(4)5/h6-7,10,16H,8-9,11H2,1-5H3. The van der Waals surface area contributed by atoms with Crippen molar-refractivity contribution in [1.29, 1.82) is 0 Å². The van der Waals surface area contributed by atoms with Crippen LogP contribution >= 0.6 is 0 Å². The van der Waals surface area contributed by atoms with Gasteiger partial charge in [-0.3, -0.25) is 0 Å². The van der Waals surface area contributed by atoms with E-state index < -0.39 is 0 Å². The Hall–Kier alpha value is -1.13. The predicted molar refractivity (Wildman–Crippen MR) is 74.9 cm³/mol. The van der Waals surface area contributed by atoms with Crippen LogP contribution in [-0.4, -0.2) is 42.7 Å². The first kappa shape index (κ1) is 14.9. The van der Waals surface area contributed by atoms with Gasteiger partial charge >= 0.3 is 0 Å². The normalized spacial score (nSPS) is 11.9. The zero-order valence-electron chi connectivity index (χ0n) is 12.2. The van der Waals surface area contributed by atoms with E-state index in [0.29, 0.717) is 12.5 Å². The molecular weight excluding hydrogens is 226 g/mol. The van der Waals surface area contributed by atoms with Gasteiger partial charge in [-0.05, 0) is 40.4 Å². The topological polar surface area (TPSA) is 37.4 Å². The SMILES string of the molecule is CN(C)CCOc1ccc(CNC(C)(C)C)cn1. The number of aromatic nitrogens is 1. The number of nitrogens with one attached hydrogen (secondary N) is 1. The van der Waals surface area contributed by atoms with Gasteiger partial charge in [0.2, 0.25) is 5.88 Å². The molecule has 102 valence electrons. The van der Waals surface area contributed by atoms with Crippen LogP contribution in [0.25, 0.3) is 0 Å². The van der Waals surface area contributed by atoms with Crippen LogP contribution in [0, 0.1) is 0 Å². The van der Waals surface area contributed by atoms with E-state index in [1.807, 2.05) is 26.4 Å². The Bertz CT molecular complexity index is 341. The zero-order valence-corrected chi connectivity index (χ0v) is 12.2. The molecule has 0 spiro atoms. The summed E-state index contributed by atoms with van der Waals surface area (Å²) in [7, 11) is 4.05.